The highest BCUT2D eigenvalue weighted by molar-refractivity contribution is 5.82. The van der Waals surface area contributed by atoms with Crippen LogP contribution < -0.4 is 14.8 Å². The number of alkyl carbamates (subject to hydrolysis) is 1. The molecule has 0 fully saturated rings. The molecule has 0 spiro atoms. The van der Waals surface area contributed by atoms with E-state index in [0.717, 1.165) is 31.2 Å². The monoisotopic (exact) mass is 481 g/mol. The first-order valence-corrected chi connectivity index (χ1v) is 12.2. The zero-order valence-corrected chi connectivity index (χ0v) is 21.8. The summed E-state index contributed by atoms with van der Waals surface area (Å²) in [5, 5.41) is 12.3. The Kier molecular flexibility index (Phi) is 12.8. The second-order valence-electron chi connectivity index (χ2n) is 9.47. The number of aliphatic hydroxyl groups is 1. The number of esters is 1. The van der Waals surface area contributed by atoms with Crippen LogP contribution in [-0.2, 0) is 20.7 Å². The van der Waals surface area contributed by atoms with Crippen molar-refractivity contribution in [3.63, 3.8) is 0 Å². The summed E-state index contributed by atoms with van der Waals surface area (Å²) in [6.07, 6.45) is 1.73. The molecule has 1 aromatic carbocycles. The molecule has 0 aliphatic heterocycles. The minimum absolute atomic E-state index is 0.157. The van der Waals surface area contributed by atoms with Gasteiger partial charge in [0.1, 0.15) is 17.7 Å². The zero-order valence-electron chi connectivity index (χ0n) is 21.8. The van der Waals surface area contributed by atoms with Crippen LogP contribution in [0.5, 0.6) is 11.5 Å². The first kappa shape index (κ1) is 29.6. The Labute approximate surface area is 204 Å². The van der Waals surface area contributed by atoms with Gasteiger partial charge < -0.3 is 29.4 Å². The molecular formula is C26H43NO7. The number of ether oxygens (including phenoxy) is 4. The van der Waals surface area contributed by atoms with Gasteiger partial charge in [0.05, 0.1) is 19.3 Å². The summed E-state index contributed by atoms with van der Waals surface area (Å²) in [6.45, 7) is 13.7. The largest absolute Gasteiger partial charge is 0.490 e. The van der Waals surface area contributed by atoms with Crippen LogP contribution in [0.4, 0.5) is 4.79 Å². The van der Waals surface area contributed by atoms with Crippen molar-refractivity contribution in [2.75, 3.05) is 13.2 Å². The summed E-state index contributed by atoms with van der Waals surface area (Å²) in [6, 6.07) is 4.47. The highest BCUT2D eigenvalue weighted by Crippen LogP contribution is 2.29. The van der Waals surface area contributed by atoms with Crippen LogP contribution in [0.2, 0.25) is 0 Å². The first-order chi connectivity index (χ1) is 16.0. The molecular weight excluding hydrogens is 438 g/mol. The fourth-order valence-corrected chi connectivity index (χ4v) is 2.81. The van der Waals surface area contributed by atoms with Crippen molar-refractivity contribution >= 4 is 12.1 Å². The van der Waals surface area contributed by atoms with Crippen LogP contribution in [0.25, 0.3) is 0 Å². The van der Waals surface area contributed by atoms with Gasteiger partial charge in [-0.25, -0.2) is 9.59 Å². The van der Waals surface area contributed by atoms with Crippen molar-refractivity contribution < 1.29 is 33.6 Å². The zero-order chi connectivity index (χ0) is 25.7. The lowest BCUT2D eigenvalue weighted by Crippen LogP contribution is -2.46. The third-order valence-electron chi connectivity index (χ3n) is 4.92. The Morgan fingerprint density at radius 2 is 1.59 bits per heavy atom. The smallest absolute Gasteiger partial charge is 0.408 e. The SMILES string of the molecule is CCCCOc1ccc(C[C@H](NC(=O)OC(C)(C)C)C(=O)OC(C)C(C)O)cc1OCCCC. The summed E-state index contributed by atoms with van der Waals surface area (Å²) in [5.41, 5.74) is 0.0421. The molecule has 1 aromatic rings. The Hall–Kier alpha value is -2.48. The fourth-order valence-electron chi connectivity index (χ4n) is 2.81. The normalized spacial score (nSPS) is 14.0. The average Bonchev–Trinajstić information content (AvgIpc) is 2.73. The number of rotatable bonds is 14. The highest BCUT2D eigenvalue weighted by Gasteiger charge is 2.28. The van der Waals surface area contributed by atoms with Gasteiger partial charge in [-0.2, -0.15) is 0 Å². The van der Waals surface area contributed by atoms with Gasteiger partial charge in [-0.15, -0.1) is 0 Å². The summed E-state index contributed by atoms with van der Waals surface area (Å²) in [5.74, 6) is 0.593. The molecule has 0 aromatic heterocycles. The van der Waals surface area contributed by atoms with E-state index in [4.69, 9.17) is 18.9 Å². The molecule has 8 nitrogen and oxygen atoms in total. The summed E-state index contributed by atoms with van der Waals surface area (Å²) >= 11 is 0. The van der Waals surface area contributed by atoms with Crippen molar-refractivity contribution in [3.8, 4) is 11.5 Å². The van der Waals surface area contributed by atoms with E-state index in [1.54, 1.807) is 27.7 Å². The number of carbonyl (C=O) groups is 2. The predicted molar refractivity (Wildman–Crippen MR) is 131 cm³/mol. The van der Waals surface area contributed by atoms with Gasteiger partial charge in [0.15, 0.2) is 11.5 Å². The highest BCUT2D eigenvalue weighted by atomic mass is 16.6. The van der Waals surface area contributed by atoms with Crippen molar-refractivity contribution in [2.24, 2.45) is 0 Å². The molecule has 0 heterocycles. The number of hydrogen-bond acceptors (Lipinski definition) is 7. The van der Waals surface area contributed by atoms with Crippen LogP contribution in [0.1, 0.15) is 79.7 Å². The summed E-state index contributed by atoms with van der Waals surface area (Å²) in [7, 11) is 0. The lowest BCUT2D eigenvalue weighted by atomic mass is 10.0. The fraction of sp³-hybridized carbons (Fsp3) is 0.692. The second kappa shape index (κ2) is 14.7. The molecule has 1 rings (SSSR count). The number of benzene rings is 1. The van der Waals surface area contributed by atoms with Crippen LogP contribution >= 0.6 is 0 Å². The molecule has 3 atom stereocenters. The molecule has 8 heteroatoms. The molecule has 1 amide bonds. The van der Waals surface area contributed by atoms with E-state index in [2.05, 4.69) is 19.2 Å². The molecule has 0 aliphatic rings. The molecule has 0 saturated heterocycles. The molecule has 0 saturated carbocycles. The van der Waals surface area contributed by atoms with Gasteiger partial charge >= 0.3 is 12.1 Å². The Balaban J connectivity index is 3.10. The standard InChI is InChI=1S/C26H43NO7/c1-8-10-14-31-22-13-12-20(17-23(22)32-15-11-9-2)16-21(24(29)33-19(4)18(3)28)27-25(30)34-26(5,6)7/h12-13,17-19,21,28H,8-11,14-16H2,1-7H3,(H,27,30)/t18?,19?,21-/m0/s1. The maximum atomic E-state index is 12.8. The lowest BCUT2D eigenvalue weighted by Gasteiger charge is -2.25. The number of nitrogens with one attached hydrogen (secondary N) is 1. The molecule has 2 unspecified atom stereocenters. The van der Waals surface area contributed by atoms with Crippen LogP contribution in [0.15, 0.2) is 18.2 Å². The Morgan fingerprint density at radius 1 is 1.00 bits per heavy atom. The lowest BCUT2D eigenvalue weighted by molar-refractivity contribution is -0.155. The van der Waals surface area contributed by atoms with E-state index in [1.165, 1.54) is 6.92 Å². The van der Waals surface area contributed by atoms with Gasteiger partial charge in [0, 0.05) is 6.42 Å². The quantitative estimate of drug-likeness (QED) is 0.291. The topological polar surface area (TPSA) is 103 Å². The van der Waals surface area contributed by atoms with Crippen molar-refractivity contribution in [1.29, 1.82) is 0 Å². The third-order valence-corrected chi connectivity index (χ3v) is 4.92. The van der Waals surface area contributed by atoms with Crippen LogP contribution in [0.3, 0.4) is 0 Å². The van der Waals surface area contributed by atoms with E-state index in [9.17, 15) is 14.7 Å². The van der Waals surface area contributed by atoms with E-state index in [-0.39, 0.29) is 6.42 Å². The van der Waals surface area contributed by atoms with Crippen LogP contribution in [-0.4, -0.2) is 54.2 Å². The predicted octanol–water partition coefficient (Wildman–Crippen LogP) is 4.79. The summed E-state index contributed by atoms with van der Waals surface area (Å²) in [4.78, 5) is 25.2. The number of amides is 1. The van der Waals surface area contributed by atoms with E-state index in [0.29, 0.717) is 24.7 Å². The van der Waals surface area contributed by atoms with Gasteiger partial charge in [0.2, 0.25) is 0 Å². The van der Waals surface area contributed by atoms with Gasteiger partial charge in [0.25, 0.3) is 0 Å². The molecule has 194 valence electrons. The van der Waals surface area contributed by atoms with E-state index < -0.39 is 35.9 Å². The summed E-state index contributed by atoms with van der Waals surface area (Å²) < 4.78 is 22.5. The van der Waals surface area contributed by atoms with E-state index >= 15 is 0 Å². The number of unbranched alkanes of at least 4 members (excludes halogenated alkanes) is 2. The Morgan fingerprint density at radius 3 is 2.12 bits per heavy atom. The van der Waals surface area contributed by atoms with Crippen LogP contribution in [0, 0.1) is 0 Å². The Bertz CT molecular complexity index is 758. The molecule has 2 N–H and O–H groups in total. The van der Waals surface area contributed by atoms with Gasteiger partial charge in [-0.1, -0.05) is 32.8 Å². The van der Waals surface area contributed by atoms with Gasteiger partial charge in [-0.05, 0) is 65.2 Å². The maximum absolute atomic E-state index is 12.8. The maximum Gasteiger partial charge on any atom is 0.408 e. The van der Waals surface area contributed by atoms with E-state index in [1.807, 2.05) is 18.2 Å². The molecule has 0 bridgehead atoms. The molecule has 0 radical (unpaired) electrons. The number of hydrogen-bond donors (Lipinski definition) is 2. The second-order valence-corrected chi connectivity index (χ2v) is 9.47. The number of aliphatic hydroxyl groups excluding tert-OH is 1. The molecule has 34 heavy (non-hydrogen) atoms. The first-order valence-electron chi connectivity index (χ1n) is 12.2. The van der Waals surface area contributed by atoms with Crippen molar-refractivity contribution in [2.45, 2.75) is 104 Å². The number of carbonyl (C=O) groups excluding carboxylic acids is 2. The third kappa shape index (κ3) is 11.6. The molecule has 0 aliphatic carbocycles. The van der Waals surface area contributed by atoms with Crippen molar-refractivity contribution in [1.82, 2.24) is 5.32 Å². The average molecular weight is 482 g/mol. The minimum atomic E-state index is -1.01. The van der Waals surface area contributed by atoms with Crippen molar-refractivity contribution in [3.05, 3.63) is 23.8 Å². The minimum Gasteiger partial charge on any atom is -0.490 e. The van der Waals surface area contributed by atoms with Gasteiger partial charge in [-0.3, -0.25) is 0 Å².